The van der Waals surface area contributed by atoms with Crippen LogP contribution in [-0.2, 0) is 6.42 Å². The zero-order chi connectivity index (χ0) is 22.5. The van der Waals surface area contributed by atoms with Crippen molar-refractivity contribution in [1.82, 2.24) is 20.0 Å². The number of hydrogen-bond donors (Lipinski definition) is 1. The van der Waals surface area contributed by atoms with Gasteiger partial charge in [0, 0.05) is 23.8 Å². The molecule has 7 nitrogen and oxygen atoms in total. The Bertz CT molecular complexity index is 1210. The highest BCUT2D eigenvalue weighted by molar-refractivity contribution is 5.87. The van der Waals surface area contributed by atoms with Crippen LogP contribution in [0.2, 0.25) is 0 Å². The first kappa shape index (κ1) is 21.5. The molecule has 3 heterocycles. The van der Waals surface area contributed by atoms with Crippen molar-refractivity contribution >= 4 is 28.8 Å². The van der Waals surface area contributed by atoms with Gasteiger partial charge in [-0.2, -0.15) is 5.10 Å². The lowest BCUT2D eigenvalue weighted by molar-refractivity contribution is 0.393. The number of aromatic nitrogens is 3. The minimum atomic E-state index is 0.683. The van der Waals surface area contributed by atoms with Crippen LogP contribution in [-0.4, -0.2) is 32.7 Å². The Morgan fingerprint density at radius 2 is 2.09 bits per heavy atom. The van der Waals surface area contributed by atoms with Crippen molar-refractivity contribution in [3.8, 4) is 5.75 Å². The Morgan fingerprint density at radius 1 is 1.22 bits per heavy atom. The standard InChI is InChI=1S/C25H28N6O/c1-5-7-19-15-22-24(29-18(19)4)25(27-16-26-22)30-20-8-9-23(17(3)14-20)32-21-10-12-31(13-11-21)28-6-2/h6,8-12,14-16H,5,7,13H2,1-4H3,(H,26,27,30)/b28-6-. The highest BCUT2D eigenvalue weighted by atomic mass is 16.5. The van der Waals surface area contributed by atoms with Gasteiger partial charge in [-0.25, -0.2) is 15.0 Å². The molecule has 0 unspecified atom stereocenters. The summed E-state index contributed by atoms with van der Waals surface area (Å²) in [7, 11) is 0. The minimum Gasteiger partial charge on any atom is -0.457 e. The van der Waals surface area contributed by atoms with E-state index in [4.69, 9.17) is 9.72 Å². The third kappa shape index (κ3) is 4.77. The van der Waals surface area contributed by atoms with Gasteiger partial charge in [0.05, 0.1) is 12.1 Å². The zero-order valence-electron chi connectivity index (χ0n) is 19.0. The second-order valence-electron chi connectivity index (χ2n) is 7.70. The van der Waals surface area contributed by atoms with Crippen molar-refractivity contribution in [2.75, 3.05) is 11.9 Å². The van der Waals surface area contributed by atoms with E-state index in [2.05, 4.69) is 33.4 Å². The summed E-state index contributed by atoms with van der Waals surface area (Å²) in [5.41, 5.74) is 5.83. The summed E-state index contributed by atoms with van der Waals surface area (Å²) < 4.78 is 6.07. The summed E-state index contributed by atoms with van der Waals surface area (Å²) >= 11 is 0. The molecule has 0 radical (unpaired) electrons. The van der Waals surface area contributed by atoms with E-state index in [-0.39, 0.29) is 0 Å². The van der Waals surface area contributed by atoms with Crippen molar-refractivity contribution in [3.63, 3.8) is 0 Å². The molecule has 0 amide bonds. The monoisotopic (exact) mass is 428 g/mol. The van der Waals surface area contributed by atoms with Gasteiger partial charge in [0.15, 0.2) is 5.82 Å². The predicted molar refractivity (Wildman–Crippen MR) is 129 cm³/mol. The lowest BCUT2D eigenvalue weighted by atomic mass is 10.1. The quantitative estimate of drug-likeness (QED) is 0.505. The molecule has 0 bridgehead atoms. The molecule has 3 aromatic rings. The number of ether oxygens (including phenoxy) is 1. The van der Waals surface area contributed by atoms with E-state index in [1.54, 1.807) is 12.5 Å². The molecule has 4 rings (SSSR count). The summed E-state index contributed by atoms with van der Waals surface area (Å²) in [6, 6.07) is 8.11. The van der Waals surface area contributed by atoms with Crippen LogP contribution in [0.1, 0.15) is 37.1 Å². The third-order valence-electron chi connectivity index (χ3n) is 5.24. The number of hydrazone groups is 1. The maximum absolute atomic E-state index is 6.07. The van der Waals surface area contributed by atoms with E-state index in [0.29, 0.717) is 12.4 Å². The van der Waals surface area contributed by atoms with Crippen LogP contribution in [0.5, 0.6) is 5.75 Å². The molecule has 1 aliphatic heterocycles. The van der Waals surface area contributed by atoms with Gasteiger partial charge < -0.3 is 10.1 Å². The smallest absolute Gasteiger partial charge is 0.160 e. The first-order valence-electron chi connectivity index (χ1n) is 10.9. The molecule has 0 fully saturated rings. The summed E-state index contributed by atoms with van der Waals surface area (Å²) in [6.45, 7) is 8.82. The number of fused-ring (bicyclic) bond motifs is 1. The van der Waals surface area contributed by atoms with Crippen molar-refractivity contribution in [3.05, 3.63) is 71.5 Å². The van der Waals surface area contributed by atoms with Crippen LogP contribution in [0, 0.1) is 13.8 Å². The Labute approximate surface area is 188 Å². The molecule has 0 atom stereocenters. The molecule has 32 heavy (non-hydrogen) atoms. The zero-order valence-corrected chi connectivity index (χ0v) is 19.0. The van der Waals surface area contributed by atoms with E-state index in [9.17, 15) is 0 Å². The molecule has 0 aliphatic carbocycles. The molecule has 164 valence electrons. The molecule has 0 saturated carbocycles. The number of allylic oxidation sites excluding steroid dienone is 1. The van der Waals surface area contributed by atoms with Crippen molar-refractivity contribution < 1.29 is 4.74 Å². The van der Waals surface area contributed by atoms with Gasteiger partial charge in [-0.1, -0.05) is 13.3 Å². The summed E-state index contributed by atoms with van der Waals surface area (Å²) in [6.07, 6.45) is 11.2. The van der Waals surface area contributed by atoms with E-state index < -0.39 is 0 Å². The van der Waals surface area contributed by atoms with E-state index in [1.165, 1.54) is 5.56 Å². The summed E-state index contributed by atoms with van der Waals surface area (Å²) in [5, 5.41) is 9.48. The van der Waals surface area contributed by atoms with Crippen LogP contribution >= 0.6 is 0 Å². The maximum Gasteiger partial charge on any atom is 0.160 e. The SMILES string of the molecule is C/C=N\N1C=CC(Oc2ccc(Nc3ncnc4cc(CCC)c(C)nc34)cc2C)=CC1. The second-order valence-corrected chi connectivity index (χ2v) is 7.70. The average molecular weight is 429 g/mol. The molecule has 1 aromatic carbocycles. The van der Waals surface area contributed by atoms with Crippen molar-refractivity contribution in [2.45, 2.75) is 40.5 Å². The Kier molecular flexibility index (Phi) is 6.44. The molecule has 0 saturated heterocycles. The highest BCUT2D eigenvalue weighted by Crippen LogP contribution is 2.28. The number of benzene rings is 1. The van der Waals surface area contributed by atoms with Gasteiger partial charge in [0.2, 0.25) is 0 Å². The number of pyridine rings is 1. The number of anilines is 2. The fraction of sp³-hybridized carbons (Fsp3) is 0.280. The van der Waals surface area contributed by atoms with Gasteiger partial charge in [-0.15, -0.1) is 0 Å². The Morgan fingerprint density at radius 3 is 2.81 bits per heavy atom. The third-order valence-corrected chi connectivity index (χ3v) is 5.24. The number of rotatable bonds is 7. The molecular formula is C25H28N6O. The first-order valence-corrected chi connectivity index (χ1v) is 10.9. The van der Waals surface area contributed by atoms with Gasteiger partial charge in [0.1, 0.15) is 23.4 Å². The van der Waals surface area contributed by atoms with Gasteiger partial charge >= 0.3 is 0 Å². The largest absolute Gasteiger partial charge is 0.457 e. The minimum absolute atomic E-state index is 0.683. The second kappa shape index (κ2) is 9.60. The van der Waals surface area contributed by atoms with E-state index in [0.717, 1.165) is 52.3 Å². The maximum atomic E-state index is 6.07. The summed E-state index contributed by atoms with van der Waals surface area (Å²) in [4.78, 5) is 13.6. The van der Waals surface area contributed by atoms with Crippen molar-refractivity contribution in [1.29, 1.82) is 0 Å². The van der Waals surface area contributed by atoms with Crippen molar-refractivity contribution in [2.24, 2.45) is 5.10 Å². The molecular weight excluding hydrogens is 400 g/mol. The normalized spacial score (nSPS) is 13.6. The van der Waals surface area contributed by atoms with Gasteiger partial charge in [0.25, 0.3) is 0 Å². The van der Waals surface area contributed by atoms with Crippen LogP contribution in [0.4, 0.5) is 11.5 Å². The first-order chi connectivity index (χ1) is 15.6. The van der Waals surface area contributed by atoms with Crippen LogP contribution < -0.4 is 10.1 Å². The molecule has 1 aliphatic rings. The predicted octanol–water partition coefficient (Wildman–Crippen LogP) is 5.44. The Balaban J connectivity index is 1.52. The van der Waals surface area contributed by atoms with Gasteiger partial charge in [-0.05, 0) is 74.7 Å². The topological polar surface area (TPSA) is 75.5 Å². The molecule has 2 aromatic heterocycles. The van der Waals surface area contributed by atoms with Crippen LogP contribution in [0.15, 0.2) is 59.8 Å². The van der Waals surface area contributed by atoms with E-state index in [1.807, 2.05) is 62.3 Å². The Hall–Kier alpha value is -3.74. The van der Waals surface area contributed by atoms with Gasteiger partial charge in [-0.3, -0.25) is 5.01 Å². The average Bonchev–Trinajstić information content (AvgIpc) is 2.78. The lowest BCUT2D eigenvalue weighted by Gasteiger charge is -2.18. The molecule has 0 spiro atoms. The molecule has 1 N–H and O–H groups in total. The van der Waals surface area contributed by atoms with Crippen LogP contribution in [0.25, 0.3) is 11.0 Å². The number of nitrogens with zero attached hydrogens (tertiary/aromatic N) is 5. The summed E-state index contributed by atoms with van der Waals surface area (Å²) in [5.74, 6) is 2.31. The highest BCUT2D eigenvalue weighted by Gasteiger charge is 2.11. The lowest BCUT2D eigenvalue weighted by Crippen LogP contribution is -2.14. The number of aryl methyl sites for hydroxylation is 3. The fourth-order valence-electron chi connectivity index (χ4n) is 3.62. The fourth-order valence-corrected chi connectivity index (χ4v) is 3.62. The van der Waals surface area contributed by atoms with E-state index >= 15 is 0 Å². The number of nitrogens with one attached hydrogen (secondary N) is 1. The van der Waals surface area contributed by atoms with Crippen LogP contribution in [0.3, 0.4) is 0 Å². The molecule has 7 heteroatoms. The number of hydrogen-bond acceptors (Lipinski definition) is 7.